The lowest BCUT2D eigenvalue weighted by Gasteiger charge is -2.05. The van der Waals surface area contributed by atoms with Gasteiger partial charge in [0.1, 0.15) is 5.15 Å². The molecule has 0 aliphatic rings. The highest BCUT2D eigenvalue weighted by Gasteiger charge is 2.04. The third-order valence-electron chi connectivity index (χ3n) is 2.24. The van der Waals surface area contributed by atoms with Crippen LogP contribution < -0.4 is 0 Å². The number of rotatable bonds is 1. The normalized spacial score (nSPS) is 10.3. The zero-order chi connectivity index (χ0) is 10.8. The van der Waals surface area contributed by atoms with Crippen LogP contribution in [0, 0.1) is 13.8 Å². The van der Waals surface area contributed by atoms with Crippen LogP contribution in [0.2, 0.25) is 5.15 Å². The first-order chi connectivity index (χ1) is 7.16. The third-order valence-corrected chi connectivity index (χ3v) is 2.45. The van der Waals surface area contributed by atoms with Gasteiger partial charge in [-0.3, -0.25) is 0 Å². The molecule has 2 rings (SSSR count). The maximum Gasteiger partial charge on any atom is 0.161 e. The average Bonchev–Trinajstić information content (AvgIpc) is 2.17. The second kappa shape index (κ2) is 3.99. The summed E-state index contributed by atoms with van der Waals surface area (Å²) >= 11 is 5.83. The number of hydrogen-bond acceptors (Lipinski definition) is 2. The Labute approximate surface area is 94.0 Å². The first-order valence-corrected chi connectivity index (χ1v) is 5.11. The molecule has 2 aromatic rings. The Morgan fingerprint density at radius 1 is 1.13 bits per heavy atom. The van der Waals surface area contributed by atoms with Gasteiger partial charge in [-0.05, 0) is 25.5 Å². The van der Waals surface area contributed by atoms with Gasteiger partial charge in [-0.15, -0.1) is 0 Å². The van der Waals surface area contributed by atoms with Crippen molar-refractivity contribution >= 4 is 11.6 Å². The third kappa shape index (κ3) is 2.16. The summed E-state index contributed by atoms with van der Waals surface area (Å²) in [4.78, 5) is 8.39. The first kappa shape index (κ1) is 10.1. The molecule has 0 saturated carbocycles. The highest BCUT2D eigenvalue weighted by molar-refractivity contribution is 6.29. The van der Waals surface area contributed by atoms with Crippen LogP contribution in [0.4, 0.5) is 0 Å². The van der Waals surface area contributed by atoms with Gasteiger partial charge in [0.15, 0.2) is 5.82 Å². The lowest BCUT2D eigenvalue weighted by molar-refractivity contribution is 1.16. The molecule has 0 atom stereocenters. The molecule has 1 aromatic carbocycles. The Morgan fingerprint density at radius 2 is 1.93 bits per heavy atom. The number of aromatic nitrogens is 2. The fourth-order valence-corrected chi connectivity index (χ4v) is 1.67. The van der Waals surface area contributed by atoms with Crippen molar-refractivity contribution in [3.63, 3.8) is 0 Å². The van der Waals surface area contributed by atoms with Gasteiger partial charge in [0.2, 0.25) is 0 Å². The van der Waals surface area contributed by atoms with E-state index in [4.69, 9.17) is 11.6 Å². The molecule has 0 N–H and O–H groups in total. The van der Waals surface area contributed by atoms with E-state index in [0.29, 0.717) is 11.0 Å². The quantitative estimate of drug-likeness (QED) is 0.686. The Bertz CT molecular complexity index is 495. The van der Waals surface area contributed by atoms with Gasteiger partial charge >= 0.3 is 0 Å². The summed E-state index contributed by atoms with van der Waals surface area (Å²) in [6, 6.07) is 7.86. The summed E-state index contributed by atoms with van der Waals surface area (Å²) in [7, 11) is 0. The number of nitrogens with zero attached hydrogens (tertiary/aromatic N) is 2. The molecular weight excluding hydrogens is 208 g/mol. The molecule has 2 nitrogen and oxygen atoms in total. The highest BCUT2D eigenvalue weighted by Crippen LogP contribution is 2.21. The molecule has 0 aliphatic carbocycles. The van der Waals surface area contributed by atoms with Crippen LogP contribution in [0.1, 0.15) is 11.1 Å². The molecule has 0 fully saturated rings. The number of aryl methyl sites for hydroxylation is 2. The van der Waals surface area contributed by atoms with E-state index in [1.165, 1.54) is 5.56 Å². The first-order valence-electron chi connectivity index (χ1n) is 4.73. The lowest BCUT2D eigenvalue weighted by atomic mass is 10.1. The van der Waals surface area contributed by atoms with Gasteiger partial charge in [-0.2, -0.15) is 0 Å². The molecule has 1 heterocycles. The van der Waals surface area contributed by atoms with Crippen molar-refractivity contribution in [3.05, 3.63) is 46.7 Å². The maximum absolute atomic E-state index is 5.83. The van der Waals surface area contributed by atoms with Crippen molar-refractivity contribution in [1.82, 2.24) is 9.97 Å². The molecule has 1 aromatic heterocycles. The van der Waals surface area contributed by atoms with E-state index >= 15 is 0 Å². The Morgan fingerprint density at radius 3 is 2.60 bits per heavy atom. The number of halogens is 1. The molecule has 0 radical (unpaired) electrons. The van der Waals surface area contributed by atoms with Crippen molar-refractivity contribution < 1.29 is 0 Å². The average molecular weight is 219 g/mol. The van der Waals surface area contributed by atoms with Crippen LogP contribution in [0.15, 0.2) is 30.5 Å². The molecule has 3 heteroatoms. The molecule has 76 valence electrons. The molecule has 15 heavy (non-hydrogen) atoms. The van der Waals surface area contributed by atoms with Gasteiger partial charge in [0.25, 0.3) is 0 Å². The van der Waals surface area contributed by atoms with Crippen LogP contribution in [-0.4, -0.2) is 9.97 Å². The van der Waals surface area contributed by atoms with Crippen LogP contribution in [0.25, 0.3) is 11.4 Å². The summed E-state index contributed by atoms with van der Waals surface area (Å²) in [5, 5.41) is 0.472. The van der Waals surface area contributed by atoms with E-state index in [-0.39, 0.29) is 0 Å². The molecule has 0 saturated heterocycles. The second-order valence-corrected chi connectivity index (χ2v) is 3.91. The summed E-state index contributed by atoms with van der Waals surface area (Å²) in [5.74, 6) is 0.681. The van der Waals surface area contributed by atoms with Crippen LogP contribution >= 0.6 is 11.6 Å². The Balaban J connectivity index is 2.54. The van der Waals surface area contributed by atoms with E-state index in [1.54, 1.807) is 12.3 Å². The van der Waals surface area contributed by atoms with Crippen LogP contribution in [0.3, 0.4) is 0 Å². The lowest BCUT2D eigenvalue weighted by Crippen LogP contribution is -1.91. The predicted molar refractivity (Wildman–Crippen MR) is 62.0 cm³/mol. The molecular formula is C12H11ClN2. The molecule has 0 bridgehead atoms. The standard InChI is InChI=1S/C12H11ClN2/c1-8-3-4-10(9(2)7-8)12-14-6-5-11(13)15-12/h3-7H,1-2H3. The largest absolute Gasteiger partial charge is 0.236 e. The van der Waals surface area contributed by atoms with E-state index in [0.717, 1.165) is 11.1 Å². The smallest absolute Gasteiger partial charge is 0.161 e. The summed E-state index contributed by atoms with van der Waals surface area (Å²) < 4.78 is 0. The maximum atomic E-state index is 5.83. The van der Waals surface area contributed by atoms with Gasteiger partial charge < -0.3 is 0 Å². The Hall–Kier alpha value is -1.41. The fraction of sp³-hybridized carbons (Fsp3) is 0.167. The van der Waals surface area contributed by atoms with Gasteiger partial charge in [0, 0.05) is 11.8 Å². The molecule has 0 aliphatic heterocycles. The van der Waals surface area contributed by atoms with Crippen LogP contribution in [0.5, 0.6) is 0 Å². The van der Waals surface area contributed by atoms with Gasteiger partial charge in [0.05, 0.1) is 0 Å². The fourth-order valence-electron chi connectivity index (χ4n) is 1.53. The van der Waals surface area contributed by atoms with E-state index in [2.05, 4.69) is 23.0 Å². The zero-order valence-corrected chi connectivity index (χ0v) is 9.42. The number of benzene rings is 1. The Kier molecular flexibility index (Phi) is 2.69. The highest BCUT2D eigenvalue weighted by atomic mass is 35.5. The van der Waals surface area contributed by atoms with Crippen molar-refractivity contribution in [3.8, 4) is 11.4 Å². The van der Waals surface area contributed by atoms with Crippen LogP contribution in [-0.2, 0) is 0 Å². The van der Waals surface area contributed by atoms with Gasteiger partial charge in [-0.25, -0.2) is 9.97 Å². The predicted octanol–water partition coefficient (Wildman–Crippen LogP) is 3.41. The van der Waals surface area contributed by atoms with E-state index in [1.807, 2.05) is 19.1 Å². The topological polar surface area (TPSA) is 25.8 Å². The SMILES string of the molecule is Cc1ccc(-c2nccc(Cl)n2)c(C)c1. The van der Waals surface area contributed by atoms with Crippen molar-refractivity contribution in [1.29, 1.82) is 0 Å². The van der Waals surface area contributed by atoms with Crippen molar-refractivity contribution in [2.75, 3.05) is 0 Å². The molecule has 0 unspecified atom stereocenters. The minimum absolute atomic E-state index is 0.472. The summed E-state index contributed by atoms with van der Waals surface area (Å²) in [5.41, 5.74) is 3.43. The van der Waals surface area contributed by atoms with Crippen molar-refractivity contribution in [2.24, 2.45) is 0 Å². The summed E-state index contributed by atoms with van der Waals surface area (Å²) in [6.45, 7) is 4.11. The minimum atomic E-state index is 0.472. The zero-order valence-electron chi connectivity index (χ0n) is 8.66. The number of hydrogen-bond donors (Lipinski definition) is 0. The molecule has 0 spiro atoms. The van der Waals surface area contributed by atoms with E-state index < -0.39 is 0 Å². The second-order valence-electron chi connectivity index (χ2n) is 3.52. The van der Waals surface area contributed by atoms with Gasteiger partial charge in [-0.1, -0.05) is 35.4 Å². The molecule has 0 amide bonds. The minimum Gasteiger partial charge on any atom is -0.236 e. The monoisotopic (exact) mass is 218 g/mol. The van der Waals surface area contributed by atoms with Crippen molar-refractivity contribution in [2.45, 2.75) is 13.8 Å². The summed E-state index contributed by atoms with van der Waals surface area (Å²) in [6.07, 6.45) is 1.67. The van der Waals surface area contributed by atoms with E-state index in [9.17, 15) is 0 Å².